The summed E-state index contributed by atoms with van der Waals surface area (Å²) in [5.74, 6) is 1.37. The number of rotatable bonds is 6. The molecule has 0 saturated carbocycles. The van der Waals surface area contributed by atoms with Crippen LogP contribution in [0.2, 0.25) is 0 Å². The van der Waals surface area contributed by atoms with E-state index in [2.05, 4.69) is 0 Å². The quantitative estimate of drug-likeness (QED) is 0.352. The lowest BCUT2D eigenvalue weighted by Gasteiger charge is -2.22. The summed E-state index contributed by atoms with van der Waals surface area (Å²) in [6.07, 6.45) is -0.852. The Morgan fingerprint density at radius 1 is 0.914 bits per heavy atom. The molecule has 0 aliphatic rings. The van der Waals surface area contributed by atoms with Crippen LogP contribution in [0.5, 0.6) is 11.5 Å². The van der Waals surface area contributed by atoms with Crippen molar-refractivity contribution >= 4 is 17.0 Å². The number of nitrogens with zero attached hydrogens (tertiary/aromatic N) is 1. The number of carbonyl (C=O) groups excluding carboxylic acids is 1. The Balaban J connectivity index is 1.89. The first-order valence-electron chi connectivity index (χ1n) is 11.5. The van der Waals surface area contributed by atoms with E-state index in [1.807, 2.05) is 93.6 Å². The van der Waals surface area contributed by atoms with E-state index < -0.39 is 17.8 Å². The van der Waals surface area contributed by atoms with E-state index in [-0.39, 0.29) is 0 Å². The predicted molar refractivity (Wildman–Crippen MR) is 137 cm³/mol. The monoisotopic (exact) mass is 473 g/mol. The number of aliphatic hydroxyl groups excluding tert-OH is 1. The van der Waals surface area contributed by atoms with Crippen LogP contribution < -0.4 is 9.47 Å². The van der Waals surface area contributed by atoms with Gasteiger partial charge in [0.2, 0.25) is 0 Å². The van der Waals surface area contributed by atoms with Crippen molar-refractivity contribution in [2.24, 2.45) is 0 Å². The van der Waals surface area contributed by atoms with Crippen LogP contribution in [0.4, 0.5) is 4.79 Å². The molecule has 0 spiro atoms. The van der Waals surface area contributed by atoms with Crippen LogP contribution in [0, 0.1) is 0 Å². The number of aromatic nitrogens is 1. The van der Waals surface area contributed by atoms with Crippen LogP contribution in [-0.2, 0) is 11.2 Å². The lowest BCUT2D eigenvalue weighted by atomic mass is 9.95. The number of carbonyl (C=O) groups is 1. The number of aliphatic hydroxyl groups is 1. The van der Waals surface area contributed by atoms with Gasteiger partial charge in [-0.3, -0.25) is 0 Å². The maximum atomic E-state index is 13.4. The summed E-state index contributed by atoms with van der Waals surface area (Å²) < 4.78 is 18.2. The zero-order valence-electron chi connectivity index (χ0n) is 20.7. The van der Waals surface area contributed by atoms with Crippen molar-refractivity contribution in [2.75, 3.05) is 14.2 Å². The minimum atomic E-state index is -0.721. The van der Waals surface area contributed by atoms with Gasteiger partial charge in [-0.15, -0.1) is 0 Å². The lowest BCUT2D eigenvalue weighted by Crippen LogP contribution is -2.27. The fraction of sp³-hybridized carbons (Fsp3) is 0.276. The van der Waals surface area contributed by atoms with E-state index >= 15 is 0 Å². The topological polar surface area (TPSA) is 69.9 Å². The molecule has 1 atom stereocenters. The highest BCUT2D eigenvalue weighted by Gasteiger charge is 2.25. The summed E-state index contributed by atoms with van der Waals surface area (Å²) in [5, 5.41) is 11.8. The average Bonchev–Trinajstić information content (AvgIpc) is 3.22. The number of fused-ring (bicyclic) bond motifs is 1. The van der Waals surface area contributed by atoms with Crippen LogP contribution in [0.25, 0.3) is 22.2 Å². The molecule has 0 saturated heterocycles. The highest BCUT2D eigenvalue weighted by Crippen LogP contribution is 2.36. The molecule has 4 rings (SSSR count). The summed E-state index contributed by atoms with van der Waals surface area (Å²) >= 11 is 0. The van der Waals surface area contributed by atoms with Crippen LogP contribution in [-0.4, -0.2) is 35.6 Å². The molecule has 1 aromatic heterocycles. The average molecular weight is 474 g/mol. The molecule has 0 aliphatic heterocycles. The van der Waals surface area contributed by atoms with E-state index in [0.29, 0.717) is 29.1 Å². The third-order valence-corrected chi connectivity index (χ3v) is 5.77. The first-order chi connectivity index (χ1) is 16.7. The lowest BCUT2D eigenvalue weighted by molar-refractivity contribution is 0.0547. The molecule has 35 heavy (non-hydrogen) atoms. The van der Waals surface area contributed by atoms with Crippen molar-refractivity contribution in [3.63, 3.8) is 0 Å². The van der Waals surface area contributed by atoms with Crippen molar-refractivity contribution in [2.45, 2.75) is 38.9 Å². The zero-order valence-corrected chi connectivity index (χ0v) is 20.7. The van der Waals surface area contributed by atoms with Crippen LogP contribution in [0.15, 0.2) is 72.8 Å². The van der Waals surface area contributed by atoms with Crippen molar-refractivity contribution in [1.29, 1.82) is 0 Å². The third-order valence-electron chi connectivity index (χ3n) is 5.77. The maximum absolute atomic E-state index is 13.4. The second kappa shape index (κ2) is 9.84. The molecule has 182 valence electrons. The van der Waals surface area contributed by atoms with Gasteiger partial charge >= 0.3 is 6.09 Å². The Bertz CT molecular complexity index is 1330. The summed E-state index contributed by atoms with van der Waals surface area (Å²) in [5.41, 5.74) is 3.19. The van der Waals surface area contributed by atoms with E-state index in [4.69, 9.17) is 14.2 Å². The van der Waals surface area contributed by atoms with E-state index in [0.717, 1.165) is 22.1 Å². The van der Waals surface area contributed by atoms with Gasteiger partial charge in [-0.05, 0) is 74.4 Å². The van der Waals surface area contributed by atoms with Gasteiger partial charge in [0, 0.05) is 17.4 Å². The first-order valence-corrected chi connectivity index (χ1v) is 11.5. The summed E-state index contributed by atoms with van der Waals surface area (Å²) in [4.78, 5) is 13.4. The van der Waals surface area contributed by atoms with Gasteiger partial charge in [-0.1, -0.05) is 30.3 Å². The molecule has 0 bridgehead atoms. The van der Waals surface area contributed by atoms with Crippen LogP contribution in [0.3, 0.4) is 0 Å². The van der Waals surface area contributed by atoms with Gasteiger partial charge in [-0.2, -0.15) is 0 Å². The molecule has 1 heterocycles. The van der Waals surface area contributed by atoms with Crippen molar-refractivity contribution in [3.8, 4) is 22.8 Å². The van der Waals surface area contributed by atoms with Gasteiger partial charge in [0.25, 0.3) is 0 Å². The highest BCUT2D eigenvalue weighted by atomic mass is 16.6. The Labute approximate surface area is 205 Å². The largest absolute Gasteiger partial charge is 0.497 e. The number of hydrogen-bond donors (Lipinski definition) is 1. The molecule has 0 fully saturated rings. The fourth-order valence-corrected chi connectivity index (χ4v) is 4.14. The zero-order chi connectivity index (χ0) is 25.2. The molecule has 0 aliphatic carbocycles. The second-order valence-corrected chi connectivity index (χ2v) is 9.42. The van der Waals surface area contributed by atoms with Crippen LogP contribution in [0.1, 0.15) is 38.0 Å². The standard InChI is InChI=1S/C29H31NO5/c1-29(2,3)35-28(32)30-25-14-12-23(34-5)16-21(25)17-26(30)24-13-11-22(33-4)15-20(24)18-27(31)19-9-7-6-8-10-19/h6-17,27,31H,18H2,1-5H3. The number of methoxy groups -OCH3 is 2. The Kier molecular flexibility index (Phi) is 6.85. The second-order valence-electron chi connectivity index (χ2n) is 9.42. The maximum Gasteiger partial charge on any atom is 0.419 e. The third kappa shape index (κ3) is 5.33. The van der Waals surface area contributed by atoms with E-state index in [9.17, 15) is 9.90 Å². The van der Waals surface area contributed by atoms with Gasteiger partial charge in [-0.25, -0.2) is 9.36 Å². The van der Waals surface area contributed by atoms with Gasteiger partial charge in [0.1, 0.15) is 17.1 Å². The number of ether oxygens (including phenoxy) is 3. The normalized spacial score (nSPS) is 12.4. The van der Waals surface area contributed by atoms with Crippen molar-refractivity contribution in [3.05, 3.63) is 83.9 Å². The molecular weight excluding hydrogens is 442 g/mol. The molecule has 3 aromatic carbocycles. The van der Waals surface area contributed by atoms with E-state index in [1.54, 1.807) is 18.8 Å². The molecular formula is C29H31NO5. The molecule has 1 unspecified atom stereocenters. The van der Waals surface area contributed by atoms with Crippen LogP contribution >= 0.6 is 0 Å². The first kappa shape index (κ1) is 24.4. The molecule has 6 heteroatoms. The molecule has 0 amide bonds. The summed E-state index contributed by atoms with van der Waals surface area (Å²) in [7, 11) is 3.22. The SMILES string of the molecule is COc1ccc(-c2cc3cc(OC)ccc3n2C(=O)OC(C)(C)C)c(CC(O)c2ccccc2)c1. The Morgan fingerprint density at radius 3 is 2.23 bits per heavy atom. The minimum absolute atomic E-state index is 0.343. The fourth-order valence-electron chi connectivity index (χ4n) is 4.14. The number of hydrogen-bond acceptors (Lipinski definition) is 5. The molecule has 0 radical (unpaired) electrons. The Morgan fingerprint density at radius 2 is 1.57 bits per heavy atom. The van der Waals surface area contributed by atoms with Crippen molar-refractivity contribution in [1.82, 2.24) is 4.57 Å². The summed E-state index contributed by atoms with van der Waals surface area (Å²) in [6.45, 7) is 5.52. The molecule has 1 N–H and O–H groups in total. The Hall–Kier alpha value is -3.77. The smallest absolute Gasteiger partial charge is 0.419 e. The van der Waals surface area contributed by atoms with Gasteiger partial charge in [0.05, 0.1) is 31.5 Å². The molecule has 4 aromatic rings. The minimum Gasteiger partial charge on any atom is -0.497 e. The van der Waals surface area contributed by atoms with Crippen molar-refractivity contribution < 1.29 is 24.1 Å². The predicted octanol–water partition coefficient (Wildman–Crippen LogP) is 6.38. The molecule has 6 nitrogen and oxygen atoms in total. The van der Waals surface area contributed by atoms with Gasteiger partial charge < -0.3 is 19.3 Å². The number of benzene rings is 3. The highest BCUT2D eigenvalue weighted by molar-refractivity contribution is 5.97. The summed E-state index contributed by atoms with van der Waals surface area (Å²) in [6, 6.07) is 22.7. The van der Waals surface area contributed by atoms with Gasteiger partial charge in [0.15, 0.2) is 0 Å². The van der Waals surface area contributed by atoms with E-state index in [1.165, 1.54) is 0 Å².